The molecule has 3 heterocycles. The maximum absolute atomic E-state index is 5.34. The second-order valence-electron chi connectivity index (χ2n) is 6.48. The molecule has 2 aromatic heterocycles. The van der Waals surface area contributed by atoms with E-state index in [-0.39, 0.29) is 0 Å². The maximum Gasteiger partial charge on any atom is 0.257 e. The van der Waals surface area contributed by atoms with Crippen molar-refractivity contribution >= 4 is 5.82 Å². The molecule has 0 radical (unpaired) electrons. The number of anilines is 1. The standard InChI is InChI=1S/C19H22N6O/c1-26-19-18(20-9-10-21-19)24-11-7-15(8-12-24)13-17-23-22-14-25(17)16-5-3-2-4-6-16/h2-6,9-10,14-15H,7-8,11-13H2,1H3. The number of piperidine rings is 1. The van der Waals surface area contributed by atoms with Crippen molar-refractivity contribution in [3.05, 3.63) is 54.9 Å². The highest BCUT2D eigenvalue weighted by molar-refractivity contribution is 5.48. The Labute approximate surface area is 152 Å². The summed E-state index contributed by atoms with van der Waals surface area (Å²) in [6.07, 6.45) is 8.27. The van der Waals surface area contributed by atoms with Crippen LogP contribution in [0.25, 0.3) is 5.69 Å². The Bertz CT molecular complexity index is 842. The van der Waals surface area contributed by atoms with E-state index in [4.69, 9.17) is 4.74 Å². The van der Waals surface area contributed by atoms with Crippen molar-refractivity contribution in [3.8, 4) is 11.6 Å². The van der Waals surface area contributed by atoms with Crippen LogP contribution in [0.5, 0.6) is 5.88 Å². The number of nitrogens with zero attached hydrogens (tertiary/aromatic N) is 6. The number of hydrogen-bond acceptors (Lipinski definition) is 6. The van der Waals surface area contributed by atoms with E-state index in [0.717, 1.165) is 49.7 Å². The molecule has 0 saturated carbocycles. The van der Waals surface area contributed by atoms with Crippen LogP contribution in [-0.2, 0) is 6.42 Å². The Balaban J connectivity index is 1.42. The van der Waals surface area contributed by atoms with Crippen molar-refractivity contribution in [1.29, 1.82) is 0 Å². The van der Waals surface area contributed by atoms with E-state index < -0.39 is 0 Å². The van der Waals surface area contributed by atoms with Gasteiger partial charge in [-0.25, -0.2) is 9.97 Å². The van der Waals surface area contributed by atoms with Crippen LogP contribution in [0.4, 0.5) is 5.82 Å². The van der Waals surface area contributed by atoms with Gasteiger partial charge in [0.15, 0.2) is 5.82 Å². The summed E-state index contributed by atoms with van der Waals surface area (Å²) in [5.74, 6) is 3.03. The van der Waals surface area contributed by atoms with Crippen LogP contribution in [0.3, 0.4) is 0 Å². The third-order valence-corrected chi connectivity index (χ3v) is 4.88. The lowest BCUT2D eigenvalue weighted by atomic mass is 9.93. The Morgan fingerprint density at radius 1 is 1.08 bits per heavy atom. The Morgan fingerprint density at radius 2 is 1.85 bits per heavy atom. The van der Waals surface area contributed by atoms with Crippen molar-refractivity contribution < 1.29 is 4.74 Å². The SMILES string of the molecule is COc1nccnc1N1CCC(Cc2nncn2-c2ccccc2)CC1. The Hall–Kier alpha value is -2.96. The van der Waals surface area contributed by atoms with Crippen LogP contribution >= 0.6 is 0 Å². The largest absolute Gasteiger partial charge is 0.478 e. The Kier molecular flexibility index (Phi) is 4.77. The predicted molar refractivity (Wildman–Crippen MR) is 98.6 cm³/mol. The third kappa shape index (κ3) is 3.37. The molecule has 0 aliphatic carbocycles. The molecule has 26 heavy (non-hydrogen) atoms. The molecule has 7 nitrogen and oxygen atoms in total. The molecule has 0 amide bonds. The molecule has 1 aliphatic heterocycles. The van der Waals surface area contributed by atoms with Gasteiger partial charge in [0.05, 0.1) is 7.11 Å². The minimum absolute atomic E-state index is 0.584. The van der Waals surface area contributed by atoms with Gasteiger partial charge in [-0.05, 0) is 30.9 Å². The molecule has 4 rings (SSSR count). The lowest BCUT2D eigenvalue weighted by molar-refractivity contribution is 0.375. The van der Waals surface area contributed by atoms with Gasteiger partial charge in [-0.2, -0.15) is 0 Å². The Morgan fingerprint density at radius 3 is 2.62 bits per heavy atom. The van der Waals surface area contributed by atoms with Crippen LogP contribution in [0.2, 0.25) is 0 Å². The summed E-state index contributed by atoms with van der Waals surface area (Å²) >= 11 is 0. The molecular formula is C19H22N6O. The first kappa shape index (κ1) is 16.5. The number of rotatable bonds is 5. The summed E-state index contributed by atoms with van der Waals surface area (Å²) in [6, 6.07) is 10.2. The maximum atomic E-state index is 5.34. The smallest absolute Gasteiger partial charge is 0.257 e. The topological polar surface area (TPSA) is 69.0 Å². The molecule has 1 saturated heterocycles. The van der Waals surface area contributed by atoms with Gasteiger partial charge in [0.1, 0.15) is 12.2 Å². The lowest BCUT2D eigenvalue weighted by Crippen LogP contribution is -2.35. The monoisotopic (exact) mass is 350 g/mol. The molecule has 134 valence electrons. The van der Waals surface area contributed by atoms with Gasteiger partial charge in [-0.3, -0.25) is 4.57 Å². The van der Waals surface area contributed by atoms with Crippen molar-refractivity contribution in [3.63, 3.8) is 0 Å². The first-order valence-corrected chi connectivity index (χ1v) is 8.89. The summed E-state index contributed by atoms with van der Waals surface area (Å²) in [4.78, 5) is 10.9. The number of hydrogen-bond donors (Lipinski definition) is 0. The zero-order chi connectivity index (χ0) is 17.8. The van der Waals surface area contributed by atoms with E-state index in [9.17, 15) is 0 Å². The normalized spacial score (nSPS) is 15.2. The van der Waals surface area contributed by atoms with Gasteiger partial charge in [-0.1, -0.05) is 18.2 Å². The van der Waals surface area contributed by atoms with E-state index in [1.165, 1.54) is 0 Å². The second-order valence-corrected chi connectivity index (χ2v) is 6.48. The first-order valence-electron chi connectivity index (χ1n) is 8.89. The van der Waals surface area contributed by atoms with Crippen molar-refractivity contribution in [1.82, 2.24) is 24.7 Å². The molecule has 0 N–H and O–H groups in total. The molecule has 1 fully saturated rings. The molecule has 0 atom stereocenters. The summed E-state index contributed by atoms with van der Waals surface area (Å²) in [7, 11) is 1.64. The summed E-state index contributed by atoms with van der Waals surface area (Å²) in [5, 5.41) is 8.47. The molecule has 3 aromatic rings. The highest BCUT2D eigenvalue weighted by Gasteiger charge is 2.24. The number of ether oxygens (including phenoxy) is 1. The number of aromatic nitrogens is 5. The molecule has 0 spiro atoms. The van der Waals surface area contributed by atoms with Gasteiger partial charge in [-0.15, -0.1) is 10.2 Å². The van der Waals surface area contributed by atoms with Crippen LogP contribution in [0.15, 0.2) is 49.1 Å². The van der Waals surface area contributed by atoms with Crippen LogP contribution in [0.1, 0.15) is 18.7 Å². The average Bonchev–Trinajstić information content (AvgIpc) is 3.17. The predicted octanol–water partition coefficient (Wildman–Crippen LogP) is 2.53. The van der Waals surface area contributed by atoms with E-state index in [1.54, 1.807) is 25.8 Å². The summed E-state index contributed by atoms with van der Waals surface area (Å²) in [6.45, 7) is 1.89. The highest BCUT2D eigenvalue weighted by Crippen LogP contribution is 2.28. The first-order chi connectivity index (χ1) is 12.8. The summed E-state index contributed by atoms with van der Waals surface area (Å²) in [5.41, 5.74) is 1.11. The number of methoxy groups -OCH3 is 1. The minimum Gasteiger partial charge on any atom is -0.478 e. The van der Waals surface area contributed by atoms with Gasteiger partial charge < -0.3 is 9.64 Å². The van der Waals surface area contributed by atoms with E-state index in [2.05, 4.69) is 41.8 Å². The summed E-state index contributed by atoms with van der Waals surface area (Å²) < 4.78 is 7.42. The quantitative estimate of drug-likeness (QED) is 0.704. The zero-order valence-electron chi connectivity index (χ0n) is 14.8. The second kappa shape index (κ2) is 7.51. The van der Waals surface area contributed by atoms with Gasteiger partial charge >= 0.3 is 0 Å². The number of benzene rings is 1. The minimum atomic E-state index is 0.584. The molecule has 0 bridgehead atoms. The van der Waals surface area contributed by atoms with E-state index >= 15 is 0 Å². The highest BCUT2D eigenvalue weighted by atomic mass is 16.5. The average molecular weight is 350 g/mol. The fourth-order valence-corrected chi connectivity index (χ4v) is 3.49. The molecule has 1 aromatic carbocycles. The van der Waals surface area contributed by atoms with Gasteiger partial charge in [0, 0.05) is 37.6 Å². The van der Waals surface area contributed by atoms with Crippen molar-refractivity contribution in [2.45, 2.75) is 19.3 Å². The van der Waals surface area contributed by atoms with E-state index in [1.807, 2.05) is 18.2 Å². The lowest BCUT2D eigenvalue weighted by Gasteiger charge is -2.32. The van der Waals surface area contributed by atoms with Crippen LogP contribution in [0, 0.1) is 5.92 Å². The molecule has 1 aliphatic rings. The molecular weight excluding hydrogens is 328 g/mol. The van der Waals surface area contributed by atoms with Crippen LogP contribution in [-0.4, -0.2) is 44.9 Å². The fourth-order valence-electron chi connectivity index (χ4n) is 3.49. The van der Waals surface area contributed by atoms with Crippen LogP contribution < -0.4 is 9.64 Å². The van der Waals surface area contributed by atoms with Gasteiger partial charge in [0.2, 0.25) is 0 Å². The molecule has 7 heteroatoms. The van der Waals surface area contributed by atoms with E-state index in [0.29, 0.717) is 11.8 Å². The zero-order valence-corrected chi connectivity index (χ0v) is 14.8. The third-order valence-electron chi connectivity index (χ3n) is 4.88. The fraction of sp³-hybridized carbons (Fsp3) is 0.368. The molecule has 0 unspecified atom stereocenters. The van der Waals surface area contributed by atoms with Crippen molar-refractivity contribution in [2.24, 2.45) is 5.92 Å². The number of para-hydroxylation sites is 1. The van der Waals surface area contributed by atoms with Crippen molar-refractivity contribution in [2.75, 3.05) is 25.1 Å². The van der Waals surface area contributed by atoms with Gasteiger partial charge in [0.25, 0.3) is 5.88 Å².